The van der Waals surface area contributed by atoms with Gasteiger partial charge in [-0.15, -0.1) is 0 Å². The fourth-order valence-electron chi connectivity index (χ4n) is 6.83. The summed E-state index contributed by atoms with van der Waals surface area (Å²) in [5.74, 6) is -8.53. The van der Waals surface area contributed by atoms with Crippen molar-refractivity contribution in [3.05, 3.63) is 0 Å². The Labute approximate surface area is 371 Å². The molecule has 1 saturated heterocycles. The number of carbonyl (C=O) groups excluding carboxylic acids is 8. The Balaban J connectivity index is 3.23. The van der Waals surface area contributed by atoms with Gasteiger partial charge in [0, 0.05) is 6.54 Å². The van der Waals surface area contributed by atoms with Crippen LogP contribution in [0.2, 0.25) is 0 Å². The lowest BCUT2D eigenvalue weighted by Gasteiger charge is -2.31. The van der Waals surface area contributed by atoms with E-state index in [1.807, 2.05) is 0 Å². The third kappa shape index (κ3) is 21.7. The Morgan fingerprint density at radius 3 is 1.73 bits per heavy atom. The number of rotatable bonds is 22. The molecule has 1 fully saturated rings. The van der Waals surface area contributed by atoms with Crippen molar-refractivity contribution < 1.29 is 53.3 Å². The summed E-state index contributed by atoms with van der Waals surface area (Å²) in [7, 11) is 0. The second-order valence-electron chi connectivity index (χ2n) is 17.0. The molecule has 7 amide bonds. The number of carbonyl (C=O) groups is 8. The number of aliphatic hydroxyl groups excluding tert-OH is 2. The van der Waals surface area contributed by atoms with Gasteiger partial charge in [-0.1, -0.05) is 91.9 Å². The highest BCUT2D eigenvalue weighted by atomic mass is 16.5. The van der Waals surface area contributed by atoms with Crippen molar-refractivity contribution >= 4 is 53.3 Å². The molecule has 63 heavy (non-hydrogen) atoms. The number of nitrogens with zero attached hydrogens (tertiary/aromatic N) is 1. The van der Waals surface area contributed by atoms with Crippen LogP contribution in [0.25, 0.3) is 0 Å². The monoisotopic (exact) mass is 897 g/mol. The molecule has 0 aliphatic carbocycles. The van der Waals surface area contributed by atoms with Crippen LogP contribution < -0.4 is 49.1 Å². The lowest BCUT2D eigenvalue weighted by molar-refractivity contribution is -0.155. The van der Waals surface area contributed by atoms with Gasteiger partial charge >= 0.3 is 5.97 Å². The van der Waals surface area contributed by atoms with E-state index >= 15 is 0 Å². The van der Waals surface area contributed by atoms with Crippen LogP contribution in [0.1, 0.15) is 138 Å². The number of nitrogens with two attached hydrogens (primary N) is 3. The molecule has 14 N–H and O–H groups in total. The number of aliphatic hydroxyl groups is 2. The van der Waals surface area contributed by atoms with Crippen LogP contribution in [-0.4, -0.2) is 125 Å². The highest BCUT2D eigenvalue weighted by Gasteiger charge is 2.39. The van der Waals surface area contributed by atoms with Crippen LogP contribution in [0.3, 0.4) is 0 Å². The van der Waals surface area contributed by atoms with Gasteiger partial charge in [0.05, 0.1) is 25.0 Å². The van der Waals surface area contributed by atoms with Gasteiger partial charge in [-0.3, -0.25) is 38.6 Å². The Kier molecular flexibility index (Phi) is 26.1. The molecule has 1 aliphatic heterocycles. The van der Waals surface area contributed by atoms with E-state index in [2.05, 4.69) is 36.9 Å². The number of esters is 1. The molecular formula is C42H76N10O11. The van der Waals surface area contributed by atoms with Gasteiger partial charge in [0.1, 0.15) is 42.4 Å². The van der Waals surface area contributed by atoms with Crippen LogP contribution in [-0.2, 0) is 43.1 Å². The lowest BCUT2D eigenvalue weighted by atomic mass is 9.95. The normalized spacial score (nSPS) is 24.7. The first kappa shape index (κ1) is 56.0. The molecule has 1 heterocycles. The molecule has 2 unspecified atom stereocenters. The van der Waals surface area contributed by atoms with Crippen molar-refractivity contribution in [2.45, 2.75) is 193 Å². The van der Waals surface area contributed by atoms with Crippen LogP contribution in [0.4, 0.5) is 0 Å². The van der Waals surface area contributed by atoms with Gasteiger partial charge in [0.2, 0.25) is 41.4 Å². The minimum atomic E-state index is -1.68. The highest BCUT2D eigenvalue weighted by Crippen LogP contribution is 2.15. The molecule has 10 atom stereocenters. The summed E-state index contributed by atoms with van der Waals surface area (Å²) >= 11 is 0. The highest BCUT2D eigenvalue weighted by molar-refractivity contribution is 5.98. The van der Waals surface area contributed by atoms with Crippen molar-refractivity contribution in [2.24, 2.45) is 34.0 Å². The first-order valence-corrected chi connectivity index (χ1v) is 22.3. The number of primary amides is 1. The van der Waals surface area contributed by atoms with E-state index < -0.39 is 120 Å². The molecule has 1 rings (SSSR count). The quantitative estimate of drug-likeness (QED) is 0.0273. The van der Waals surface area contributed by atoms with Crippen LogP contribution in [0.15, 0.2) is 4.99 Å². The van der Waals surface area contributed by atoms with Gasteiger partial charge in [0.15, 0.2) is 5.96 Å². The predicted octanol–water partition coefficient (Wildman–Crippen LogP) is -0.866. The van der Waals surface area contributed by atoms with Crippen molar-refractivity contribution in [3.8, 4) is 0 Å². The van der Waals surface area contributed by atoms with Crippen LogP contribution in [0, 0.1) is 11.8 Å². The number of amides is 7. The number of aliphatic imine (C=N–C) groups is 1. The number of cyclic esters (lactones) is 1. The van der Waals surface area contributed by atoms with Gasteiger partial charge in [-0.2, -0.15) is 0 Å². The molecule has 0 radical (unpaired) electrons. The average molecular weight is 897 g/mol. The fraction of sp³-hybridized carbons (Fsp3) is 0.786. The molecule has 21 heteroatoms. The second kappa shape index (κ2) is 29.3. The molecule has 0 aromatic carbocycles. The summed E-state index contributed by atoms with van der Waals surface area (Å²) in [5, 5.41) is 36.0. The molecule has 360 valence electrons. The van der Waals surface area contributed by atoms with Crippen molar-refractivity contribution in [3.63, 3.8) is 0 Å². The Morgan fingerprint density at radius 2 is 1.21 bits per heavy atom. The summed E-state index contributed by atoms with van der Waals surface area (Å²) in [4.78, 5) is 111. The minimum Gasteiger partial charge on any atom is -0.458 e. The molecular weight excluding hydrogens is 821 g/mol. The van der Waals surface area contributed by atoms with Gasteiger partial charge in [0.25, 0.3) is 0 Å². The van der Waals surface area contributed by atoms with Gasteiger partial charge in [-0.05, 0) is 45.4 Å². The average Bonchev–Trinajstić information content (AvgIpc) is 3.19. The number of ether oxygens (including phenoxy) is 1. The van der Waals surface area contributed by atoms with Gasteiger partial charge in [-0.25, -0.2) is 4.79 Å². The van der Waals surface area contributed by atoms with E-state index in [-0.39, 0.29) is 12.4 Å². The van der Waals surface area contributed by atoms with Gasteiger partial charge < -0.3 is 64.1 Å². The molecule has 21 nitrogen and oxygen atoms in total. The predicted molar refractivity (Wildman–Crippen MR) is 235 cm³/mol. The van der Waals surface area contributed by atoms with E-state index in [1.54, 1.807) is 27.7 Å². The SMILES string of the molecule is CC[C@H](C)[C@@H]1NC(=O)[C@@H](C(C)C)NC(=O)[C@@H](NC(=O)CC(O)CCCCCCCCCCCCN=C(N)N)[C@@H](C)OC(=O)[C@@H](C)NC(=O)[C@@H](CC(N)=O)NC(=O)[C@@H](C(C)O)NC1=O. The summed E-state index contributed by atoms with van der Waals surface area (Å²) < 4.78 is 5.54. The molecule has 0 spiro atoms. The summed E-state index contributed by atoms with van der Waals surface area (Å²) in [5.41, 5.74) is 16.0. The first-order chi connectivity index (χ1) is 29.6. The number of nitrogens with one attached hydrogen (secondary N) is 6. The lowest BCUT2D eigenvalue weighted by Crippen LogP contribution is -2.63. The van der Waals surface area contributed by atoms with E-state index in [4.69, 9.17) is 21.9 Å². The maximum Gasteiger partial charge on any atom is 0.328 e. The van der Waals surface area contributed by atoms with Crippen LogP contribution in [0.5, 0.6) is 0 Å². The Hall–Kier alpha value is -5.05. The summed E-state index contributed by atoms with van der Waals surface area (Å²) in [6.07, 6.45) is 5.68. The summed E-state index contributed by atoms with van der Waals surface area (Å²) in [6, 6.07) is -8.97. The zero-order valence-corrected chi connectivity index (χ0v) is 38.2. The molecule has 0 aromatic heterocycles. The maximum atomic E-state index is 14.0. The van der Waals surface area contributed by atoms with E-state index in [9.17, 15) is 48.6 Å². The topological polar surface area (TPSA) is 349 Å². The molecule has 0 aromatic rings. The third-order valence-corrected chi connectivity index (χ3v) is 10.9. The maximum absolute atomic E-state index is 14.0. The molecule has 1 aliphatic rings. The second-order valence-corrected chi connectivity index (χ2v) is 17.0. The Morgan fingerprint density at radius 1 is 0.698 bits per heavy atom. The number of unbranched alkanes of at least 4 members (excludes halogenated alkanes) is 9. The Bertz CT molecular complexity index is 1540. The zero-order chi connectivity index (χ0) is 47.8. The van der Waals surface area contributed by atoms with Crippen molar-refractivity contribution in [2.75, 3.05) is 6.54 Å². The third-order valence-electron chi connectivity index (χ3n) is 10.9. The smallest absolute Gasteiger partial charge is 0.328 e. The zero-order valence-electron chi connectivity index (χ0n) is 38.2. The van der Waals surface area contributed by atoms with Crippen LogP contribution >= 0.6 is 0 Å². The molecule has 0 saturated carbocycles. The minimum absolute atomic E-state index is 0.112. The van der Waals surface area contributed by atoms with Crippen molar-refractivity contribution in [1.29, 1.82) is 0 Å². The standard InChI is InChI=1S/C42H76N10O11/c1-8-24(4)33-38(59)52-34(26(6)53)39(60)48-29(22-30(43)55)36(57)47-25(5)41(62)63-27(7)35(40(61)50-32(23(2)3)37(58)51-33)49-31(56)21-28(54)19-17-15-13-11-9-10-12-14-16-18-20-46-42(44)45/h23-29,32-35,53-54H,8-22H2,1-7H3,(H2,43,55)(H,47,57)(H,48,60)(H,49,56)(H,50,61)(H,51,58)(H,52,59)(H4,44,45,46)/t24-,25+,26?,27+,28?,29+,32+,33-,34+,35-/m0/s1. The molecule has 0 bridgehead atoms. The van der Waals surface area contributed by atoms with E-state index in [0.717, 1.165) is 57.8 Å². The number of hydrogen-bond acceptors (Lipinski definition) is 12. The fourth-order valence-corrected chi connectivity index (χ4v) is 6.83. The first-order valence-electron chi connectivity index (χ1n) is 22.3. The largest absolute Gasteiger partial charge is 0.458 e. The van der Waals surface area contributed by atoms with Crippen molar-refractivity contribution in [1.82, 2.24) is 31.9 Å². The van der Waals surface area contributed by atoms with E-state index in [0.29, 0.717) is 25.8 Å². The van der Waals surface area contributed by atoms with E-state index in [1.165, 1.54) is 20.8 Å². The number of guanidine groups is 1. The summed E-state index contributed by atoms with van der Waals surface area (Å²) in [6.45, 7) is 11.1. The number of hydrogen-bond donors (Lipinski definition) is 11.